The van der Waals surface area contributed by atoms with Crippen molar-refractivity contribution in [1.82, 2.24) is 5.32 Å². The normalized spacial score (nSPS) is 56.6. The number of allylic oxidation sites excluding steroid dienone is 4. The van der Waals surface area contributed by atoms with Gasteiger partial charge in [0, 0.05) is 36.3 Å². The van der Waals surface area contributed by atoms with Crippen LogP contribution in [0.5, 0.6) is 0 Å². The van der Waals surface area contributed by atoms with Crippen molar-refractivity contribution in [3.05, 3.63) is 23.3 Å². The Morgan fingerprint density at radius 1 is 0.964 bits per heavy atom. The molecule has 2 heterocycles. The molecule has 5 saturated carbocycles. The van der Waals surface area contributed by atoms with Crippen molar-refractivity contribution in [2.24, 2.45) is 67.5 Å². The Kier molecular flexibility index (Phi) is 8.65. The van der Waals surface area contributed by atoms with E-state index in [2.05, 4.69) is 38.2 Å². The predicted molar refractivity (Wildman–Crippen MR) is 198 cm³/mol. The molecule has 12 nitrogen and oxygen atoms in total. The molecule has 18 unspecified atom stereocenters. The van der Waals surface area contributed by atoms with Crippen LogP contribution in [0.2, 0.25) is 0 Å². The van der Waals surface area contributed by atoms with Crippen LogP contribution in [0.3, 0.4) is 0 Å². The predicted octanol–water partition coefficient (Wildman–Crippen LogP) is 2.68. The molecule has 1 amide bonds. The molecule has 9 rings (SSSR count). The minimum Gasteiger partial charge on any atom is -0.481 e. The quantitative estimate of drug-likeness (QED) is 0.146. The molecule has 7 fully saturated rings. The number of rotatable bonds is 6. The fraction of sp³-hybridized carbons (Fsp3) is 0.860. The molecule has 12 heteroatoms. The van der Waals surface area contributed by atoms with E-state index in [1.165, 1.54) is 11.1 Å². The van der Waals surface area contributed by atoms with Gasteiger partial charge in [0.15, 0.2) is 6.29 Å². The van der Waals surface area contributed by atoms with Gasteiger partial charge in [0.05, 0.1) is 30.8 Å². The Morgan fingerprint density at radius 2 is 1.71 bits per heavy atom. The second kappa shape index (κ2) is 12.3. The molecule has 2 saturated heterocycles. The summed E-state index contributed by atoms with van der Waals surface area (Å²) < 4.78 is 12.3. The first-order valence-corrected chi connectivity index (χ1v) is 21.1. The van der Waals surface area contributed by atoms with Crippen molar-refractivity contribution in [1.29, 1.82) is 0 Å². The molecule has 18 atom stereocenters. The standard InChI is InChI=1S/C43H63NO11/c1-37(20-45)11-12-41(36(52)53)13-14-42-9-5-23-16-24(22-15-29(48)44-18-22)30-32(50)34(55-35-33(51)31(49)27(47)19-54-35)38(2,21-46)28-7-8-39(42,3)43(23,40(28,30)4)10-6-25(42)26(41)17-37/h6,16,22,24,26-28,30-35,45-47,49-51H,5,7-15,17-21H2,1-4H3,(H,44,48)(H,52,53). The zero-order valence-electron chi connectivity index (χ0n) is 32.9. The fourth-order valence-corrected chi connectivity index (χ4v) is 16.3. The van der Waals surface area contributed by atoms with Crippen LogP contribution in [-0.2, 0) is 19.1 Å². The van der Waals surface area contributed by atoms with E-state index in [9.17, 15) is 45.3 Å². The van der Waals surface area contributed by atoms with Crippen molar-refractivity contribution in [2.45, 2.75) is 135 Å². The van der Waals surface area contributed by atoms with Crippen molar-refractivity contribution < 1.29 is 54.8 Å². The first kappa shape index (κ1) is 38.6. The molecule has 7 aliphatic carbocycles. The van der Waals surface area contributed by atoms with Crippen molar-refractivity contribution in [2.75, 3.05) is 26.4 Å². The van der Waals surface area contributed by atoms with Crippen molar-refractivity contribution in [3.8, 4) is 0 Å². The van der Waals surface area contributed by atoms with Crippen LogP contribution in [-0.4, -0.2) is 111 Å². The molecule has 0 radical (unpaired) electrons. The van der Waals surface area contributed by atoms with Gasteiger partial charge >= 0.3 is 5.97 Å². The van der Waals surface area contributed by atoms with Gasteiger partial charge < -0.3 is 50.5 Å². The lowest BCUT2D eigenvalue weighted by Crippen LogP contribution is -2.79. The monoisotopic (exact) mass is 769 g/mol. The average molecular weight is 770 g/mol. The van der Waals surface area contributed by atoms with E-state index >= 15 is 0 Å². The third-order valence-corrected chi connectivity index (χ3v) is 19.1. The molecule has 0 aromatic heterocycles. The van der Waals surface area contributed by atoms with Crippen LogP contribution in [0, 0.1) is 67.5 Å². The highest BCUT2D eigenvalue weighted by molar-refractivity contribution is 5.78. The van der Waals surface area contributed by atoms with Crippen LogP contribution in [0.1, 0.15) is 98.3 Å². The average Bonchev–Trinajstić information content (AvgIpc) is 3.59. The van der Waals surface area contributed by atoms with E-state index in [-0.39, 0.29) is 65.6 Å². The lowest BCUT2D eigenvalue weighted by molar-refractivity contribution is -0.357. The third-order valence-electron chi connectivity index (χ3n) is 19.1. The van der Waals surface area contributed by atoms with E-state index in [0.29, 0.717) is 45.1 Å². The zero-order valence-corrected chi connectivity index (χ0v) is 32.9. The Morgan fingerprint density at radius 3 is 2.38 bits per heavy atom. The van der Waals surface area contributed by atoms with Crippen LogP contribution in [0.4, 0.5) is 0 Å². The Hall–Kier alpha value is -1.90. The second-order valence-corrected chi connectivity index (χ2v) is 20.8. The smallest absolute Gasteiger partial charge is 0.310 e. The number of carbonyl (C=O) groups is 2. The maximum atomic E-state index is 13.4. The zero-order chi connectivity index (χ0) is 39.3. The van der Waals surface area contributed by atoms with Crippen LogP contribution < -0.4 is 5.32 Å². The number of fused-ring (bicyclic) bond motifs is 2. The number of carboxylic acids is 1. The molecule has 306 valence electrons. The topological polar surface area (TPSA) is 206 Å². The highest BCUT2D eigenvalue weighted by Crippen LogP contribution is 2.87. The molecule has 55 heavy (non-hydrogen) atoms. The third kappa shape index (κ3) is 4.52. The maximum absolute atomic E-state index is 13.4. The lowest BCUT2D eigenvalue weighted by Gasteiger charge is -2.82. The van der Waals surface area contributed by atoms with Crippen molar-refractivity contribution in [3.63, 3.8) is 0 Å². The minimum atomic E-state index is -1.57. The molecular weight excluding hydrogens is 706 g/mol. The molecule has 2 bridgehead atoms. The van der Waals surface area contributed by atoms with E-state index in [0.717, 1.165) is 32.1 Å². The van der Waals surface area contributed by atoms with Crippen molar-refractivity contribution >= 4 is 11.9 Å². The van der Waals surface area contributed by atoms with E-state index < -0.39 is 70.4 Å². The van der Waals surface area contributed by atoms with Gasteiger partial charge in [-0.1, -0.05) is 51.0 Å². The number of hydrogen-bond acceptors (Lipinski definition) is 10. The SMILES string of the molecule is CC1(CO)CCC2(C(=O)O)CCC34CCC5=CC(C6CNC(=O)C6)C6C(O)C(OC7OCC(O)C(O)C7O)C(C)(CO)C7CCC3(C)C5(CC=C4C2C1)C67C. The molecule has 8 N–H and O–H groups in total. The van der Waals surface area contributed by atoms with Gasteiger partial charge in [-0.2, -0.15) is 0 Å². The van der Waals surface area contributed by atoms with Gasteiger partial charge in [0.25, 0.3) is 0 Å². The molecule has 0 aromatic carbocycles. The number of carboxylic acid groups (broad SMARTS) is 1. The van der Waals surface area contributed by atoms with E-state index in [4.69, 9.17) is 9.47 Å². The van der Waals surface area contributed by atoms with Crippen LogP contribution in [0.25, 0.3) is 0 Å². The number of nitrogens with one attached hydrogen (secondary N) is 1. The molecular formula is C43H63NO11. The van der Waals surface area contributed by atoms with Gasteiger partial charge in [-0.05, 0) is 110 Å². The summed E-state index contributed by atoms with van der Waals surface area (Å²) in [4.78, 5) is 26.2. The molecule has 2 spiro atoms. The summed E-state index contributed by atoms with van der Waals surface area (Å²) in [6.07, 6.45) is 4.56. The van der Waals surface area contributed by atoms with Crippen LogP contribution >= 0.6 is 0 Å². The Labute approximate surface area is 323 Å². The first-order valence-electron chi connectivity index (χ1n) is 21.1. The lowest BCUT2D eigenvalue weighted by atomic mass is 9.22. The summed E-state index contributed by atoms with van der Waals surface area (Å²) in [5.74, 6) is -1.72. The van der Waals surface area contributed by atoms with Gasteiger partial charge in [-0.3, -0.25) is 9.59 Å². The van der Waals surface area contributed by atoms with Crippen LogP contribution in [0.15, 0.2) is 23.3 Å². The van der Waals surface area contributed by atoms with Gasteiger partial charge in [0.1, 0.15) is 18.3 Å². The number of aliphatic hydroxyl groups is 6. The van der Waals surface area contributed by atoms with Gasteiger partial charge in [-0.15, -0.1) is 0 Å². The number of amides is 1. The summed E-state index contributed by atoms with van der Waals surface area (Å²) in [5.41, 5.74) is -1.18. The largest absolute Gasteiger partial charge is 0.481 e. The maximum Gasteiger partial charge on any atom is 0.310 e. The highest BCUT2D eigenvalue weighted by atomic mass is 16.7. The molecule has 9 aliphatic rings. The Balaban J connectivity index is 1.22. The first-order chi connectivity index (χ1) is 25.9. The minimum absolute atomic E-state index is 0.0113. The highest BCUT2D eigenvalue weighted by Gasteiger charge is 2.82. The Bertz CT molecular complexity index is 1700. The number of hydrogen-bond donors (Lipinski definition) is 8. The summed E-state index contributed by atoms with van der Waals surface area (Å²) >= 11 is 0. The summed E-state index contributed by atoms with van der Waals surface area (Å²) in [6.45, 7) is 8.85. The van der Waals surface area contributed by atoms with E-state index in [1.54, 1.807) is 0 Å². The number of aliphatic carboxylic acids is 1. The van der Waals surface area contributed by atoms with E-state index in [1.807, 2.05) is 6.92 Å². The van der Waals surface area contributed by atoms with Gasteiger partial charge in [0.2, 0.25) is 5.91 Å². The summed E-state index contributed by atoms with van der Waals surface area (Å²) in [5, 5.41) is 81.1. The fourth-order valence-electron chi connectivity index (χ4n) is 16.3. The number of carbonyl (C=O) groups excluding carboxylic acids is 1. The second-order valence-electron chi connectivity index (χ2n) is 20.8. The molecule has 2 aliphatic heterocycles. The summed E-state index contributed by atoms with van der Waals surface area (Å²) in [7, 11) is 0. The summed E-state index contributed by atoms with van der Waals surface area (Å²) in [6, 6.07) is 0. The number of ether oxygens (including phenoxy) is 2. The molecule has 0 aromatic rings. The van der Waals surface area contributed by atoms with Gasteiger partial charge in [-0.25, -0.2) is 0 Å². The number of aliphatic hydroxyl groups excluding tert-OH is 6.